The molecule has 22 heavy (non-hydrogen) atoms. The van der Waals surface area contributed by atoms with E-state index in [1.165, 1.54) is 18.2 Å². The fraction of sp³-hybridized carbons (Fsp3) is 0. The largest absolute Gasteiger partial charge is 0.298 e. The minimum absolute atomic E-state index is 0.0261. The molecule has 0 fully saturated rings. The summed E-state index contributed by atoms with van der Waals surface area (Å²) in [4.78, 5) is 39.0. The summed E-state index contributed by atoms with van der Waals surface area (Å²) in [6.07, 6.45) is 0.425. The number of halogens is 1. The zero-order valence-corrected chi connectivity index (χ0v) is 11.7. The van der Waals surface area contributed by atoms with E-state index < -0.39 is 11.6 Å². The lowest BCUT2D eigenvalue weighted by molar-refractivity contribution is 0.0979. The quantitative estimate of drug-likeness (QED) is 0.311. The average Bonchev–Trinajstić information content (AvgIpc) is 2.53. The van der Waals surface area contributed by atoms with Crippen molar-refractivity contribution in [1.82, 2.24) is 0 Å². The SMILES string of the molecule is [N-]=[N+]=Nc1c(C=O)cc(Cl)c2c1C(=O)c1ccccc1C2=O. The smallest absolute Gasteiger partial charge is 0.196 e. The summed E-state index contributed by atoms with van der Waals surface area (Å²) in [6, 6.07) is 7.50. The Kier molecular flexibility index (Phi) is 3.25. The van der Waals surface area contributed by atoms with Crippen LogP contribution in [0.15, 0.2) is 35.4 Å². The van der Waals surface area contributed by atoms with Crippen LogP contribution in [-0.2, 0) is 0 Å². The van der Waals surface area contributed by atoms with Gasteiger partial charge in [0.05, 0.1) is 16.3 Å². The standard InChI is InChI=1S/C15H6ClN3O3/c16-10-5-7(6-20)13(18-19-17)12-11(10)14(21)8-3-1-2-4-9(8)15(12)22/h1-6H. The van der Waals surface area contributed by atoms with Crippen molar-refractivity contribution in [2.45, 2.75) is 0 Å². The number of rotatable bonds is 2. The van der Waals surface area contributed by atoms with Crippen LogP contribution in [0, 0.1) is 0 Å². The topological polar surface area (TPSA) is 100.0 Å². The van der Waals surface area contributed by atoms with E-state index in [1.807, 2.05) is 0 Å². The maximum Gasteiger partial charge on any atom is 0.196 e. The highest BCUT2D eigenvalue weighted by atomic mass is 35.5. The van der Waals surface area contributed by atoms with Gasteiger partial charge in [-0.25, -0.2) is 0 Å². The van der Waals surface area contributed by atoms with Crippen LogP contribution in [0.5, 0.6) is 0 Å². The van der Waals surface area contributed by atoms with Gasteiger partial charge in [0, 0.05) is 27.2 Å². The van der Waals surface area contributed by atoms with Crippen molar-refractivity contribution in [2.75, 3.05) is 0 Å². The molecule has 0 aliphatic heterocycles. The molecule has 1 aliphatic rings. The third kappa shape index (κ3) is 1.83. The minimum Gasteiger partial charge on any atom is -0.298 e. The summed E-state index contributed by atoms with van der Waals surface area (Å²) in [5.41, 5.74) is 8.70. The molecular formula is C15H6ClN3O3. The molecule has 2 aromatic rings. The predicted octanol–water partition coefficient (Wildman–Crippen LogP) is 3.87. The normalized spacial score (nSPS) is 12.2. The Morgan fingerprint density at radius 3 is 2.23 bits per heavy atom. The van der Waals surface area contributed by atoms with Crippen molar-refractivity contribution in [2.24, 2.45) is 5.11 Å². The van der Waals surface area contributed by atoms with Gasteiger partial charge in [-0.15, -0.1) is 0 Å². The van der Waals surface area contributed by atoms with Crippen LogP contribution in [-0.4, -0.2) is 17.9 Å². The summed E-state index contributed by atoms with van der Waals surface area (Å²) < 4.78 is 0. The maximum atomic E-state index is 12.7. The second-order valence-corrected chi connectivity index (χ2v) is 4.96. The fourth-order valence-corrected chi connectivity index (χ4v) is 2.79. The number of carbonyl (C=O) groups excluding carboxylic acids is 3. The Morgan fingerprint density at radius 1 is 1.09 bits per heavy atom. The molecular weight excluding hydrogens is 306 g/mol. The van der Waals surface area contributed by atoms with Crippen LogP contribution >= 0.6 is 11.6 Å². The molecule has 0 atom stereocenters. The van der Waals surface area contributed by atoms with Gasteiger partial charge in [-0.2, -0.15) is 0 Å². The highest BCUT2D eigenvalue weighted by Crippen LogP contribution is 2.39. The molecule has 0 radical (unpaired) electrons. The second-order valence-electron chi connectivity index (χ2n) is 4.56. The molecule has 0 spiro atoms. The second kappa shape index (κ2) is 5.11. The molecule has 0 bridgehead atoms. The highest BCUT2D eigenvalue weighted by Gasteiger charge is 2.34. The summed E-state index contributed by atoms with van der Waals surface area (Å²) >= 11 is 6.06. The summed E-state index contributed by atoms with van der Waals surface area (Å²) in [7, 11) is 0. The number of hydrogen-bond donors (Lipinski definition) is 0. The third-order valence-corrected chi connectivity index (χ3v) is 3.72. The van der Waals surface area contributed by atoms with E-state index in [9.17, 15) is 14.4 Å². The Labute approximate surface area is 128 Å². The molecule has 0 heterocycles. The zero-order valence-electron chi connectivity index (χ0n) is 10.9. The van der Waals surface area contributed by atoms with E-state index in [2.05, 4.69) is 10.0 Å². The lowest BCUT2D eigenvalue weighted by Gasteiger charge is -2.20. The zero-order chi connectivity index (χ0) is 15.9. The van der Waals surface area contributed by atoms with Crippen LogP contribution in [0.4, 0.5) is 5.69 Å². The van der Waals surface area contributed by atoms with Crippen molar-refractivity contribution < 1.29 is 14.4 Å². The molecule has 0 unspecified atom stereocenters. The first-order chi connectivity index (χ1) is 10.6. The van der Waals surface area contributed by atoms with Gasteiger partial charge in [-0.05, 0) is 11.6 Å². The first kappa shape index (κ1) is 14.0. The van der Waals surface area contributed by atoms with E-state index in [-0.39, 0.29) is 38.5 Å². The molecule has 0 N–H and O–H groups in total. The lowest BCUT2D eigenvalue weighted by atomic mass is 9.82. The van der Waals surface area contributed by atoms with Gasteiger partial charge in [-0.3, -0.25) is 14.4 Å². The number of fused-ring (bicyclic) bond motifs is 2. The summed E-state index contributed by atoms with van der Waals surface area (Å²) in [5, 5.41) is 3.38. The van der Waals surface area contributed by atoms with E-state index in [4.69, 9.17) is 17.1 Å². The van der Waals surface area contributed by atoms with E-state index in [0.717, 1.165) is 0 Å². The van der Waals surface area contributed by atoms with Crippen molar-refractivity contribution in [1.29, 1.82) is 0 Å². The Bertz CT molecular complexity index is 914. The molecule has 0 amide bonds. The third-order valence-electron chi connectivity index (χ3n) is 3.42. The molecule has 6 nitrogen and oxygen atoms in total. The first-order valence-electron chi connectivity index (χ1n) is 6.15. The molecule has 1 aliphatic carbocycles. The molecule has 3 rings (SSSR count). The number of benzene rings is 2. The van der Waals surface area contributed by atoms with Crippen LogP contribution in [0.25, 0.3) is 10.4 Å². The Hall–Kier alpha value is -2.95. The van der Waals surface area contributed by atoms with Crippen molar-refractivity contribution in [3.8, 4) is 0 Å². The van der Waals surface area contributed by atoms with Gasteiger partial charge in [0.25, 0.3) is 0 Å². The Morgan fingerprint density at radius 2 is 1.68 bits per heavy atom. The molecule has 0 saturated heterocycles. The number of nitrogens with zero attached hydrogens (tertiary/aromatic N) is 3. The van der Waals surface area contributed by atoms with Crippen molar-refractivity contribution in [3.05, 3.63) is 73.6 Å². The van der Waals surface area contributed by atoms with Crippen molar-refractivity contribution in [3.63, 3.8) is 0 Å². The van der Waals surface area contributed by atoms with Gasteiger partial charge in [0.2, 0.25) is 0 Å². The van der Waals surface area contributed by atoms with Gasteiger partial charge in [0.15, 0.2) is 17.9 Å². The number of azide groups is 1. The average molecular weight is 312 g/mol. The Balaban J connectivity index is 2.46. The lowest BCUT2D eigenvalue weighted by Crippen LogP contribution is -2.22. The maximum absolute atomic E-state index is 12.7. The highest BCUT2D eigenvalue weighted by molar-refractivity contribution is 6.40. The number of hydrogen-bond acceptors (Lipinski definition) is 4. The summed E-state index contributed by atoms with van der Waals surface area (Å²) in [5.74, 6) is -0.944. The van der Waals surface area contributed by atoms with Crippen LogP contribution in [0.3, 0.4) is 0 Å². The van der Waals surface area contributed by atoms with E-state index in [1.54, 1.807) is 12.1 Å². The monoisotopic (exact) mass is 311 g/mol. The van der Waals surface area contributed by atoms with Gasteiger partial charge in [0.1, 0.15) is 0 Å². The molecule has 2 aromatic carbocycles. The van der Waals surface area contributed by atoms with Crippen LogP contribution in [0.1, 0.15) is 42.2 Å². The van der Waals surface area contributed by atoms with E-state index >= 15 is 0 Å². The molecule has 0 saturated carbocycles. The molecule has 0 aromatic heterocycles. The van der Waals surface area contributed by atoms with E-state index in [0.29, 0.717) is 6.29 Å². The van der Waals surface area contributed by atoms with Crippen molar-refractivity contribution >= 4 is 35.1 Å². The summed E-state index contributed by atoms with van der Waals surface area (Å²) in [6.45, 7) is 0. The minimum atomic E-state index is -0.502. The van der Waals surface area contributed by atoms with Gasteiger partial charge < -0.3 is 0 Å². The van der Waals surface area contributed by atoms with Gasteiger partial charge >= 0.3 is 0 Å². The van der Waals surface area contributed by atoms with Gasteiger partial charge in [-0.1, -0.05) is 41.0 Å². The fourth-order valence-electron chi connectivity index (χ4n) is 2.49. The number of carbonyl (C=O) groups is 3. The first-order valence-corrected chi connectivity index (χ1v) is 6.53. The predicted molar refractivity (Wildman–Crippen MR) is 79.0 cm³/mol. The van der Waals surface area contributed by atoms with Crippen LogP contribution < -0.4 is 0 Å². The number of ketones is 2. The van der Waals surface area contributed by atoms with Crippen LogP contribution in [0.2, 0.25) is 5.02 Å². The molecule has 106 valence electrons. The molecule has 7 heteroatoms. The number of aldehydes is 1.